The highest BCUT2D eigenvalue weighted by Crippen LogP contribution is 2.29. The van der Waals surface area contributed by atoms with E-state index in [1.807, 2.05) is 0 Å². The molecule has 0 amide bonds. The van der Waals surface area contributed by atoms with Gasteiger partial charge in [0.2, 0.25) is 5.78 Å². The number of Topliss-reactive ketones (excluding diaryl/α,β-unsaturated/α-hetero) is 1. The molecule has 0 spiro atoms. The number of hydrogen-bond acceptors (Lipinski definition) is 4. The monoisotopic (exact) mass is 432 g/mol. The smallest absolute Gasteiger partial charge is 0.200 e. The number of aliphatic hydroxyl groups excluding tert-OH is 2. The number of imidazole rings is 1. The Labute approximate surface area is 182 Å². The average molecular weight is 432 g/mol. The van der Waals surface area contributed by atoms with E-state index < -0.39 is 23.2 Å². The third-order valence-corrected chi connectivity index (χ3v) is 4.79. The van der Waals surface area contributed by atoms with Crippen LogP contribution in [0.4, 0.5) is 8.78 Å². The first-order valence-electron chi connectivity index (χ1n) is 9.73. The number of nitrogens with one attached hydrogen (secondary N) is 1. The Morgan fingerprint density at radius 2 is 1.72 bits per heavy atom. The highest BCUT2D eigenvalue weighted by atomic mass is 19.1. The maximum absolute atomic E-state index is 13.8. The number of para-hydroxylation sites is 2. The summed E-state index contributed by atoms with van der Waals surface area (Å²) >= 11 is 0. The van der Waals surface area contributed by atoms with E-state index in [4.69, 9.17) is 5.11 Å². The van der Waals surface area contributed by atoms with Crippen LogP contribution in [0.5, 0.6) is 0 Å². The van der Waals surface area contributed by atoms with Crippen LogP contribution < -0.4 is 0 Å². The van der Waals surface area contributed by atoms with Crippen LogP contribution in [0.25, 0.3) is 28.4 Å². The van der Waals surface area contributed by atoms with Gasteiger partial charge in [-0.3, -0.25) is 4.79 Å². The molecule has 160 valence electrons. The highest BCUT2D eigenvalue weighted by Gasteiger charge is 2.24. The molecule has 0 aliphatic rings. The molecule has 0 aliphatic carbocycles. The zero-order valence-electron chi connectivity index (χ0n) is 16.7. The number of H-pyrrole nitrogens is 1. The summed E-state index contributed by atoms with van der Waals surface area (Å²) in [5, 5.41) is 20.0. The summed E-state index contributed by atoms with van der Waals surface area (Å²) in [4.78, 5) is 20.9. The summed E-state index contributed by atoms with van der Waals surface area (Å²) in [7, 11) is 0. The topological polar surface area (TPSA) is 86.2 Å². The number of aromatic amines is 1. The molecule has 0 fully saturated rings. The molecule has 4 rings (SSSR count). The van der Waals surface area contributed by atoms with Gasteiger partial charge in [-0.15, -0.1) is 0 Å². The number of carbonyl (C=O) groups excluding carboxylic acids is 1. The van der Waals surface area contributed by atoms with E-state index in [9.17, 15) is 18.7 Å². The number of hydrogen-bond donors (Lipinski definition) is 3. The van der Waals surface area contributed by atoms with Crippen molar-refractivity contribution in [2.45, 2.75) is 0 Å². The van der Waals surface area contributed by atoms with E-state index in [1.165, 1.54) is 6.08 Å². The predicted molar refractivity (Wildman–Crippen MR) is 119 cm³/mol. The van der Waals surface area contributed by atoms with Crippen molar-refractivity contribution in [2.75, 3.05) is 6.61 Å². The minimum Gasteiger partial charge on any atom is -0.506 e. The number of rotatable bonds is 6. The largest absolute Gasteiger partial charge is 0.506 e. The van der Waals surface area contributed by atoms with Crippen molar-refractivity contribution in [1.82, 2.24) is 9.97 Å². The van der Waals surface area contributed by atoms with Gasteiger partial charge < -0.3 is 15.2 Å². The molecule has 4 aromatic rings. The zero-order chi connectivity index (χ0) is 22.7. The number of aliphatic hydroxyl groups is 2. The van der Waals surface area contributed by atoms with Crippen molar-refractivity contribution in [3.63, 3.8) is 0 Å². The molecule has 7 heteroatoms. The van der Waals surface area contributed by atoms with Crippen LogP contribution in [0, 0.1) is 11.6 Å². The van der Waals surface area contributed by atoms with Crippen molar-refractivity contribution >= 4 is 34.2 Å². The van der Waals surface area contributed by atoms with Crippen LogP contribution in [0.15, 0.2) is 72.8 Å². The Kier molecular flexibility index (Phi) is 5.91. The lowest BCUT2D eigenvalue weighted by atomic mass is 9.97. The van der Waals surface area contributed by atoms with Crippen LogP contribution >= 0.6 is 0 Å². The van der Waals surface area contributed by atoms with Crippen LogP contribution in [0.2, 0.25) is 0 Å². The fourth-order valence-electron chi connectivity index (χ4n) is 3.35. The predicted octanol–water partition coefficient (Wildman–Crippen LogP) is 5.16. The van der Waals surface area contributed by atoms with Crippen molar-refractivity contribution in [2.24, 2.45) is 0 Å². The van der Waals surface area contributed by atoms with Crippen molar-refractivity contribution in [3.8, 4) is 0 Å². The normalized spacial score (nSPS) is 12.3. The zero-order valence-corrected chi connectivity index (χ0v) is 16.7. The second-order valence-electron chi connectivity index (χ2n) is 7.02. The molecule has 3 N–H and O–H groups in total. The molecule has 1 heterocycles. The van der Waals surface area contributed by atoms with Crippen LogP contribution in [0.3, 0.4) is 0 Å². The molecule has 0 unspecified atom stereocenters. The fourth-order valence-corrected chi connectivity index (χ4v) is 3.35. The van der Waals surface area contributed by atoms with Gasteiger partial charge in [0.15, 0.2) is 0 Å². The van der Waals surface area contributed by atoms with Gasteiger partial charge in [0.1, 0.15) is 28.8 Å². The molecule has 5 nitrogen and oxygen atoms in total. The van der Waals surface area contributed by atoms with E-state index >= 15 is 0 Å². The van der Waals surface area contributed by atoms with E-state index in [0.29, 0.717) is 22.7 Å². The van der Waals surface area contributed by atoms with Gasteiger partial charge in [-0.1, -0.05) is 42.5 Å². The highest BCUT2D eigenvalue weighted by molar-refractivity contribution is 6.33. The first-order chi connectivity index (χ1) is 15.5. The summed E-state index contributed by atoms with van der Waals surface area (Å²) in [5.41, 5.74) is 1.66. The van der Waals surface area contributed by atoms with Crippen molar-refractivity contribution in [1.29, 1.82) is 0 Å². The summed E-state index contributed by atoms with van der Waals surface area (Å²) in [6.07, 6.45) is 3.16. The molecule has 1 aromatic heterocycles. The Bertz CT molecular complexity index is 1320. The Hall–Kier alpha value is -4.10. The number of nitrogens with zero attached hydrogens (tertiary/aromatic N) is 1. The molecule has 3 aromatic carbocycles. The van der Waals surface area contributed by atoms with Gasteiger partial charge in [-0.25, -0.2) is 13.8 Å². The molecule has 0 aliphatic heterocycles. The minimum absolute atomic E-state index is 0.0645. The van der Waals surface area contributed by atoms with Gasteiger partial charge in [0.25, 0.3) is 0 Å². The SMILES string of the molecule is O=C(C(=C(O)c1cc(F)cc(F)c1)c1nc2ccccc2[nH]1)c1cccc(/C=C/CO)c1. The van der Waals surface area contributed by atoms with Gasteiger partial charge in [0, 0.05) is 17.2 Å². The molecule has 32 heavy (non-hydrogen) atoms. The van der Waals surface area contributed by atoms with Gasteiger partial charge in [0.05, 0.1) is 17.6 Å². The first-order valence-corrected chi connectivity index (χ1v) is 9.73. The molecule has 0 atom stereocenters. The van der Waals surface area contributed by atoms with Gasteiger partial charge in [-0.05, 0) is 35.9 Å². The fraction of sp³-hybridized carbons (Fsp3) is 0.0400. The van der Waals surface area contributed by atoms with Gasteiger partial charge in [-0.2, -0.15) is 0 Å². The first kappa shape index (κ1) is 21.1. The lowest BCUT2D eigenvalue weighted by Crippen LogP contribution is -2.08. The number of fused-ring (bicyclic) bond motifs is 1. The Morgan fingerprint density at radius 1 is 0.969 bits per heavy atom. The maximum Gasteiger partial charge on any atom is 0.200 e. The molecular formula is C25H18F2N2O3. The molecule has 0 saturated heterocycles. The second-order valence-corrected chi connectivity index (χ2v) is 7.02. The molecule has 0 bridgehead atoms. The molecular weight excluding hydrogens is 414 g/mol. The third kappa shape index (κ3) is 4.33. The minimum atomic E-state index is -0.890. The number of ketones is 1. The number of halogens is 2. The molecule has 0 radical (unpaired) electrons. The number of benzene rings is 3. The summed E-state index contributed by atoms with van der Waals surface area (Å²) < 4.78 is 27.6. The summed E-state index contributed by atoms with van der Waals surface area (Å²) in [6, 6.07) is 16.1. The van der Waals surface area contributed by atoms with E-state index in [2.05, 4.69) is 9.97 Å². The van der Waals surface area contributed by atoms with Crippen LogP contribution in [0.1, 0.15) is 27.3 Å². The standard InChI is InChI=1S/C25H18F2N2O3/c26-18-12-17(13-19(27)14-18)24(32)22(25-28-20-8-1-2-9-21(20)29-25)23(31)16-7-3-5-15(11-16)6-4-10-30/h1-9,11-14,30,32H,10H2,(H,28,29)/b6-4+,24-22?. The van der Waals surface area contributed by atoms with E-state index in [-0.39, 0.29) is 29.1 Å². The summed E-state index contributed by atoms with van der Waals surface area (Å²) in [6.45, 7) is -0.158. The quantitative estimate of drug-likeness (QED) is 0.223. The number of aromatic nitrogens is 2. The van der Waals surface area contributed by atoms with Crippen LogP contribution in [-0.4, -0.2) is 32.6 Å². The number of carbonyl (C=O) groups is 1. The van der Waals surface area contributed by atoms with E-state index in [1.54, 1.807) is 54.6 Å². The maximum atomic E-state index is 13.8. The third-order valence-electron chi connectivity index (χ3n) is 4.79. The lowest BCUT2D eigenvalue weighted by Gasteiger charge is -2.10. The van der Waals surface area contributed by atoms with E-state index in [0.717, 1.165) is 12.1 Å². The lowest BCUT2D eigenvalue weighted by molar-refractivity contribution is 0.105. The van der Waals surface area contributed by atoms with Crippen molar-refractivity contribution in [3.05, 3.63) is 107 Å². The Balaban J connectivity index is 1.91. The average Bonchev–Trinajstić information content (AvgIpc) is 3.20. The van der Waals surface area contributed by atoms with Gasteiger partial charge >= 0.3 is 0 Å². The molecule has 0 saturated carbocycles. The second kappa shape index (κ2) is 8.95. The Morgan fingerprint density at radius 3 is 2.44 bits per heavy atom. The summed E-state index contributed by atoms with van der Waals surface area (Å²) in [5.74, 6) is -2.91. The van der Waals surface area contributed by atoms with Crippen LogP contribution in [-0.2, 0) is 0 Å². The number of allylic oxidation sites excluding steroid dienone is 1. The van der Waals surface area contributed by atoms with Crippen molar-refractivity contribution < 1.29 is 23.8 Å².